The molecule has 174 valence electrons. The molecule has 0 aliphatic heterocycles. The number of rotatable bonds is 1. The highest BCUT2D eigenvalue weighted by atomic mass is 16.1. The molecule has 0 spiro atoms. The molecule has 0 amide bonds. The van der Waals surface area contributed by atoms with Crippen molar-refractivity contribution in [2.24, 2.45) is 56.7 Å². The maximum absolute atomic E-state index is 12.8. The van der Waals surface area contributed by atoms with Crippen LogP contribution in [0.25, 0.3) is 0 Å². The van der Waals surface area contributed by atoms with Crippen LogP contribution in [0.5, 0.6) is 0 Å². The first-order valence-corrected chi connectivity index (χ1v) is 13.6. The second-order valence-electron chi connectivity index (χ2n) is 14.4. The maximum atomic E-state index is 12.8. The van der Waals surface area contributed by atoms with Crippen LogP contribution in [-0.2, 0) is 4.79 Å². The lowest BCUT2D eigenvalue weighted by Crippen LogP contribution is -2.64. The summed E-state index contributed by atoms with van der Waals surface area (Å²) in [4.78, 5) is 12.8. The van der Waals surface area contributed by atoms with Crippen LogP contribution in [0.2, 0.25) is 0 Å². The summed E-state index contributed by atoms with van der Waals surface area (Å²) in [5.74, 6) is 4.50. The van der Waals surface area contributed by atoms with Gasteiger partial charge in [-0.2, -0.15) is 0 Å². The Morgan fingerprint density at radius 3 is 2.06 bits per heavy atom. The van der Waals surface area contributed by atoms with Gasteiger partial charge < -0.3 is 0 Å². The van der Waals surface area contributed by atoms with E-state index >= 15 is 0 Å². The van der Waals surface area contributed by atoms with Gasteiger partial charge in [0, 0.05) is 11.8 Å². The van der Waals surface area contributed by atoms with Crippen LogP contribution >= 0.6 is 0 Å². The van der Waals surface area contributed by atoms with Gasteiger partial charge in [0.2, 0.25) is 0 Å². The first-order chi connectivity index (χ1) is 14.3. The van der Waals surface area contributed by atoms with E-state index in [4.69, 9.17) is 0 Å². The summed E-state index contributed by atoms with van der Waals surface area (Å²) in [6, 6.07) is 0. The monoisotopic (exact) mass is 424 g/mol. The molecule has 0 aromatic rings. The molecule has 0 aromatic carbocycles. The summed E-state index contributed by atoms with van der Waals surface area (Å²) < 4.78 is 0. The molecule has 1 nitrogen and oxygen atoms in total. The van der Waals surface area contributed by atoms with Crippen molar-refractivity contribution in [1.29, 1.82) is 0 Å². The third-order valence-electron chi connectivity index (χ3n) is 13.0. The smallest absolute Gasteiger partial charge is 0.142 e. The quantitative estimate of drug-likeness (QED) is 0.387. The summed E-state index contributed by atoms with van der Waals surface area (Å²) >= 11 is 0. The number of hydrogen-bond acceptors (Lipinski definition) is 1. The number of hydrogen-bond donors (Lipinski definition) is 0. The van der Waals surface area contributed by atoms with E-state index in [-0.39, 0.29) is 5.41 Å². The summed E-state index contributed by atoms with van der Waals surface area (Å²) in [6.07, 6.45) is 14.2. The lowest BCUT2D eigenvalue weighted by molar-refractivity contribution is -0.212. The molecule has 0 unspecified atom stereocenters. The molecule has 0 aromatic heterocycles. The van der Waals surface area contributed by atoms with Gasteiger partial charge in [0.15, 0.2) is 0 Å². The van der Waals surface area contributed by atoms with Gasteiger partial charge in [-0.15, -0.1) is 0 Å². The highest BCUT2D eigenvalue weighted by Gasteiger charge is 2.70. The van der Waals surface area contributed by atoms with E-state index in [2.05, 4.69) is 61.5 Å². The van der Waals surface area contributed by atoms with Crippen molar-refractivity contribution >= 4 is 5.78 Å². The largest absolute Gasteiger partial charge is 0.299 e. The Kier molecular flexibility index (Phi) is 4.66. The van der Waals surface area contributed by atoms with Crippen LogP contribution in [0.15, 0.2) is 11.6 Å². The summed E-state index contributed by atoms with van der Waals surface area (Å²) in [5.41, 5.74) is 3.10. The van der Waals surface area contributed by atoms with Crippen molar-refractivity contribution in [3.8, 4) is 0 Å². The first-order valence-electron chi connectivity index (χ1n) is 13.6. The van der Waals surface area contributed by atoms with Crippen LogP contribution < -0.4 is 0 Å². The van der Waals surface area contributed by atoms with Crippen molar-refractivity contribution in [3.05, 3.63) is 11.6 Å². The average molecular weight is 425 g/mol. The van der Waals surface area contributed by atoms with E-state index in [9.17, 15) is 4.79 Å². The summed E-state index contributed by atoms with van der Waals surface area (Å²) in [6.45, 7) is 20.1. The van der Waals surface area contributed by atoms with E-state index < -0.39 is 0 Å². The summed E-state index contributed by atoms with van der Waals surface area (Å²) in [5, 5.41) is 0. The first kappa shape index (κ1) is 22.2. The molecule has 0 heterocycles. The third-order valence-corrected chi connectivity index (χ3v) is 13.0. The molecule has 0 saturated heterocycles. The zero-order chi connectivity index (χ0) is 22.6. The Balaban J connectivity index is 1.55. The molecule has 8 atom stereocenters. The number of carbonyl (C=O) groups excluding carboxylic acids is 1. The van der Waals surface area contributed by atoms with Gasteiger partial charge in [0.25, 0.3) is 0 Å². The lowest BCUT2D eigenvalue weighted by atomic mass is 9.33. The fourth-order valence-electron chi connectivity index (χ4n) is 11.1. The molecule has 1 heteroatoms. The second-order valence-corrected chi connectivity index (χ2v) is 14.4. The standard InChI is InChI=1S/C30H48O/c1-19(2)20-9-12-23-27(20,5)15-17-30(8)24-13-10-21-22(11-14-25(31)26(21,3)4)28(24,6)16-18-29(23,30)7/h10,19-20,22-24H,9,11-18H2,1-8H3/t20-,22+,23+,24-,27-,28+,29-,30+/m1/s1. The van der Waals surface area contributed by atoms with Crippen molar-refractivity contribution < 1.29 is 4.79 Å². The fourth-order valence-corrected chi connectivity index (χ4v) is 11.1. The summed E-state index contributed by atoms with van der Waals surface area (Å²) in [7, 11) is 0. The molecule has 5 rings (SSSR count). The Bertz CT molecular complexity index is 818. The maximum Gasteiger partial charge on any atom is 0.142 e. The number of Topliss-reactive ketones (excluding diaryl/α,β-unsaturated/α-hetero) is 1. The molecule has 5 aliphatic rings. The Hall–Kier alpha value is -0.590. The zero-order valence-electron chi connectivity index (χ0n) is 21.7. The molecule has 0 radical (unpaired) electrons. The zero-order valence-corrected chi connectivity index (χ0v) is 21.7. The molecule has 4 saturated carbocycles. The van der Waals surface area contributed by atoms with Crippen LogP contribution in [0, 0.1) is 56.7 Å². The number of allylic oxidation sites excluding steroid dienone is 2. The molecule has 5 aliphatic carbocycles. The lowest BCUT2D eigenvalue weighted by Gasteiger charge is -2.71. The van der Waals surface area contributed by atoms with Crippen molar-refractivity contribution in [1.82, 2.24) is 0 Å². The molecular weight excluding hydrogens is 376 g/mol. The molecule has 31 heavy (non-hydrogen) atoms. The Morgan fingerprint density at radius 1 is 0.806 bits per heavy atom. The van der Waals surface area contributed by atoms with Crippen LogP contribution in [-0.4, -0.2) is 5.78 Å². The van der Waals surface area contributed by atoms with Gasteiger partial charge in [0.05, 0.1) is 0 Å². The van der Waals surface area contributed by atoms with E-state index in [0.29, 0.717) is 33.4 Å². The van der Waals surface area contributed by atoms with E-state index in [1.165, 1.54) is 50.5 Å². The van der Waals surface area contributed by atoms with E-state index in [1.807, 2.05) is 0 Å². The predicted molar refractivity (Wildman–Crippen MR) is 130 cm³/mol. The van der Waals surface area contributed by atoms with Gasteiger partial charge in [0.1, 0.15) is 5.78 Å². The van der Waals surface area contributed by atoms with Crippen LogP contribution in [0.3, 0.4) is 0 Å². The van der Waals surface area contributed by atoms with Crippen molar-refractivity contribution in [2.75, 3.05) is 0 Å². The van der Waals surface area contributed by atoms with Gasteiger partial charge in [-0.25, -0.2) is 0 Å². The van der Waals surface area contributed by atoms with E-state index in [0.717, 1.165) is 36.5 Å². The normalized spacial score (nSPS) is 53.3. The van der Waals surface area contributed by atoms with Crippen LogP contribution in [0.1, 0.15) is 113 Å². The highest BCUT2D eigenvalue weighted by Crippen LogP contribution is 2.77. The number of fused-ring (bicyclic) bond motifs is 7. The highest BCUT2D eigenvalue weighted by molar-refractivity contribution is 5.88. The Morgan fingerprint density at radius 2 is 1.42 bits per heavy atom. The van der Waals surface area contributed by atoms with Crippen molar-refractivity contribution in [3.63, 3.8) is 0 Å². The second kappa shape index (κ2) is 6.50. The number of carbonyl (C=O) groups is 1. The predicted octanol–water partition coefficient (Wildman–Crippen LogP) is 8.23. The molecule has 0 bridgehead atoms. The minimum atomic E-state index is -0.236. The fraction of sp³-hybridized carbons (Fsp3) is 0.900. The minimum Gasteiger partial charge on any atom is -0.299 e. The van der Waals surface area contributed by atoms with Crippen molar-refractivity contribution in [2.45, 2.75) is 113 Å². The molecule has 0 N–H and O–H groups in total. The topological polar surface area (TPSA) is 17.1 Å². The third kappa shape index (κ3) is 2.53. The number of ketones is 1. The Labute approximate surface area is 192 Å². The van der Waals surface area contributed by atoms with Gasteiger partial charge >= 0.3 is 0 Å². The average Bonchev–Trinajstić information content (AvgIpc) is 3.05. The van der Waals surface area contributed by atoms with Gasteiger partial charge in [-0.05, 0) is 116 Å². The molecule has 4 fully saturated rings. The van der Waals surface area contributed by atoms with Gasteiger partial charge in [-0.1, -0.05) is 53.2 Å². The van der Waals surface area contributed by atoms with Crippen LogP contribution in [0.4, 0.5) is 0 Å². The van der Waals surface area contributed by atoms with Gasteiger partial charge in [-0.3, -0.25) is 4.79 Å². The minimum absolute atomic E-state index is 0.236. The molecular formula is C30H48O. The SMILES string of the molecule is CC(C)[C@H]1CC[C@H]2[C@]1(C)CC[C@@]1(C)[C@@H]3CC=C4[C@H](CCC(=O)C4(C)C)[C@]3(C)CC[C@]21C. The van der Waals surface area contributed by atoms with E-state index in [1.54, 1.807) is 0 Å².